The molecule has 1 aromatic heterocycles. The molecule has 0 fully saturated rings. The number of aryl methyl sites for hydroxylation is 1. The molecule has 0 atom stereocenters. The van der Waals surface area contributed by atoms with Gasteiger partial charge in [-0.25, -0.2) is 4.39 Å². The maximum Gasteiger partial charge on any atom is 0.151 e. The molecule has 0 bridgehead atoms. The van der Waals surface area contributed by atoms with E-state index in [9.17, 15) is 4.39 Å². The van der Waals surface area contributed by atoms with E-state index in [-0.39, 0.29) is 5.69 Å². The van der Waals surface area contributed by atoms with Crippen molar-refractivity contribution in [1.29, 1.82) is 0 Å². The molecule has 0 unspecified atom stereocenters. The maximum atomic E-state index is 13.3. The second-order valence-corrected chi connectivity index (χ2v) is 3.45. The molecule has 16 heavy (non-hydrogen) atoms. The molecule has 0 saturated heterocycles. The van der Waals surface area contributed by atoms with Crippen LogP contribution in [0.15, 0.2) is 24.4 Å². The molecule has 0 saturated carbocycles. The summed E-state index contributed by atoms with van der Waals surface area (Å²) in [5.41, 5.74) is 7.13. The van der Waals surface area contributed by atoms with Crippen molar-refractivity contribution in [2.24, 2.45) is 7.05 Å². The van der Waals surface area contributed by atoms with E-state index >= 15 is 0 Å². The lowest BCUT2D eigenvalue weighted by molar-refractivity contribution is 0.417. The zero-order valence-corrected chi connectivity index (χ0v) is 9.07. The minimum Gasteiger partial charge on any atom is -0.494 e. The summed E-state index contributed by atoms with van der Waals surface area (Å²) in [5, 5.41) is 4.19. The molecule has 0 spiro atoms. The Morgan fingerprint density at radius 3 is 2.75 bits per heavy atom. The SMILES string of the molecule is COc1c(N)cc(F)cc1-c1ccn(C)n1. The third-order valence-electron chi connectivity index (χ3n) is 2.28. The molecule has 0 aliphatic heterocycles. The highest BCUT2D eigenvalue weighted by Gasteiger charge is 2.13. The fraction of sp³-hybridized carbons (Fsp3) is 0.182. The second-order valence-electron chi connectivity index (χ2n) is 3.45. The standard InChI is InChI=1S/C11H12FN3O/c1-15-4-3-10(14-15)8-5-7(12)6-9(13)11(8)16-2/h3-6H,13H2,1-2H3. The Bertz CT molecular complexity index is 522. The van der Waals surface area contributed by atoms with Crippen molar-refractivity contribution in [1.82, 2.24) is 9.78 Å². The summed E-state index contributed by atoms with van der Waals surface area (Å²) < 4.78 is 20.1. The number of halogens is 1. The van der Waals surface area contributed by atoms with Crippen LogP contribution in [0.2, 0.25) is 0 Å². The van der Waals surface area contributed by atoms with Gasteiger partial charge in [-0.2, -0.15) is 5.10 Å². The van der Waals surface area contributed by atoms with Gasteiger partial charge in [-0.3, -0.25) is 4.68 Å². The normalized spacial score (nSPS) is 10.4. The number of ether oxygens (including phenoxy) is 1. The first-order valence-electron chi connectivity index (χ1n) is 4.75. The van der Waals surface area contributed by atoms with E-state index in [0.717, 1.165) is 0 Å². The number of benzene rings is 1. The van der Waals surface area contributed by atoms with Crippen LogP contribution < -0.4 is 10.5 Å². The lowest BCUT2D eigenvalue weighted by atomic mass is 10.1. The Balaban J connectivity index is 2.63. The van der Waals surface area contributed by atoms with Crippen LogP contribution in [0.3, 0.4) is 0 Å². The molecule has 5 heteroatoms. The number of methoxy groups -OCH3 is 1. The number of hydrogen-bond acceptors (Lipinski definition) is 3. The van der Waals surface area contributed by atoms with Crippen LogP contribution in [0.5, 0.6) is 5.75 Å². The first-order valence-corrected chi connectivity index (χ1v) is 4.75. The summed E-state index contributed by atoms with van der Waals surface area (Å²) in [6, 6.07) is 4.36. The lowest BCUT2D eigenvalue weighted by Crippen LogP contribution is -1.97. The van der Waals surface area contributed by atoms with E-state index < -0.39 is 5.82 Å². The molecular weight excluding hydrogens is 209 g/mol. The quantitative estimate of drug-likeness (QED) is 0.787. The van der Waals surface area contributed by atoms with Crippen LogP contribution >= 0.6 is 0 Å². The van der Waals surface area contributed by atoms with Gasteiger partial charge in [0.2, 0.25) is 0 Å². The van der Waals surface area contributed by atoms with E-state index in [1.165, 1.54) is 19.2 Å². The number of aromatic nitrogens is 2. The third kappa shape index (κ3) is 1.71. The average Bonchev–Trinajstić information content (AvgIpc) is 2.63. The van der Waals surface area contributed by atoms with Gasteiger partial charge in [0.05, 0.1) is 18.5 Å². The van der Waals surface area contributed by atoms with Gasteiger partial charge in [-0.1, -0.05) is 0 Å². The van der Waals surface area contributed by atoms with Crippen LogP contribution in [0.4, 0.5) is 10.1 Å². The van der Waals surface area contributed by atoms with Gasteiger partial charge in [0.15, 0.2) is 5.75 Å². The molecule has 0 aliphatic rings. The Hall–Kier alpha value is -2.04. The highest BCUT2D eigenvalue weighted by atomic mass is 19.1. The Morgan fingerprint density at radius 1 is 1.44 bits per heavy atom. The molecule has 2 rings (SSSR count). The van der Waals surface area contributed by atoms with E-state index in [1.54, 1.807) is 24.0 Å². The van der Waals surface area contributed by atoms with E-state index in [0.29, 0.717) is 17.0 Å². The first kappa shape index (κ1) is 10.5. The second kappa shape index (κ2) is 3.84. The monoisotopic (exact) mass is 221 g/mol. The predicted octanol–water partition coefficient (Wildman–Crippen LogP) is 1.82. The number of nitrogens with zero attached hydrogens (tertiary/aromatic N) is 2. The Kier molecular flexibility index (Phi) is 2.52. The molecule has 4 nitrogen and oxygen atoms in total. The highest BCUT2D eigenvalue weighted by molar-refractivity contribution is 5.75. The van der Waals surface area contributed by atoms with Gasteiger partial charge in [0, 0.05) is 24.9 Å². The molecule has 1 aromatic carbocycles. The van der Waals surface area contributed by atoms with E-state index in [1.807, 2.05) is 0 Å². The van der Waals surface area contributed by atoms with E-state index in [2.05, 4.69) is 5.10 Å². The molecule has 0 aliphatic carbocycles. The van der Waals surface area contributed by atoms with Crippen molar-refractivity contribution in [2.75, 3.05) is 12.8 Å². The number of nitrogen functional groups attached to an aromatic ring is 1. The summed E-state index contributed by atoms with van der Waals surface area (Å²) in [6.45, 7) is 0. The van der Waals surface area contributed by atoms with Crippen molar-refractivity contribution in [3.05, 3.63) is 30.2 Å². The fourth-order valence-corrected chi connectivity index (χ4v) is 1.59. The summed E-state index contributed by atoms with van der Waals surface area (Å²) >= 11 is 0. The predicted molar refractivity (Wildman–Crippen MR) is 59.6 cm³/mol. The average molecular weight is 221 g/mol. The van der Waals surface area contributed by atoms with Crippen molar-refractivity contribution in [3.63, 3.8) is 0 Å². The minimum absolute atomic E-state index is 0.267. The topological polar surface area (TPSA) is 53.1 Å². The lowest BCUT2D eigenvalue weighted by Gasteiger charge is -2.09. The Labute approximate surface area is 92.4 Å². The highest BCUT2D eigenvalue weighted by Crippen LogP contribution is 2.34. The largest absolute Gasteiger partial charge is 0.494 e. The minimum atomic E-state index is -0.404. The van der Waals surface area contributed by atoms with Gasteiger partial charge in [0.25, 0.3) is 0 Å². The maximum absolute atomic E-state index is 13.3. The zero-order valence-electron chi connectivity index (χ0n) is 9.07. The third-order valence-corrected chi connectivity index (χ3v) is 2.28. The van der Waals surface area contributed by atoms with Gasteiger partial charge < -0.3 is 10.5 Å². The van der Waals surface area contributed by atoms with Crippen molar-refractivity contribution in [3.8, 4) is 17.0 Å². The summed E-state index contributed by atoms with van der Waals surface area (Å²) in [7, 11) is 3.29. The van der Waals surface area contributed by atoms with Gasteiger partial charge in [-0.15, -0.1) is 0 Å². The number of nitrogens with two attached hydrogens (primary N) is 1. The number of hydrogen-bond donors (Lipinski definition) is 1. The Morgan fingerprint density at radius 2 is 2.19 bits per heavy atom. The smallest absolute Gasteiger partial charge is 0.151 e. The van der Waals surface area contributed by atoms with E-state index in [4.69, 9.17) is 10.5 Å². The summed E-state index contributed by atoms with van der Waals surface area (Å²) in [6.07, 6.45) is 1.77. The van der Waals surface area contributed by atoms with Crippen LogP contribution in [0.1, 0.15) is 0 Å². The van der Waals surface area contributed by atoms with Crippen molar-refractivity contribution < 1.29 is 9.13 Å². The van der Waals surface area contributed by atoms with Crippen molar-refractivity contribution in [2.45, 2.75) is 0 Å². The molecule has 2 N–H and O–H groups in total. The van der Waals surface area contributed by atoms with Crippen LogP contribution in [-0.4, -0.2) is 16.9 Å². The van der Waals surface area contributed by atoms with Gasteiger partial charge in [0.1, 0.15) is 5.82 Å². The molecule has 84 valence electrons. The molecule has 0 amide bonds. The van der Waals surface area contributed by atoms with Crippen LogP contribution in [-0.2, 0) is 7.05 Å². The molecule has 2 aromatic rings. The van der Waals surface area contributed by atoms with Crippen LogP contribution in [0.25, 0.3) is 11.3 Å². The molecule has 1 heterocycles. The number of rotatable bonds is 2. The zero-order chi connectivity index (χ0) is 11.7. The van der Waals surface area contributed by atoms with Crippen molar-refractivity contribution >= 4 is 5.69 Å². The van der Waals surface area contributed by atoms with Gasteiger partial charge >= 0.3 is 0 Å². The first-order chi connectivity index (χ1) is 7.61. The summed E-state index contributed by atoms with van der Waals surface area (Å²) in [5.74, 6) is 0.0408. The molecule has 0 radical (unpaired) electrons. The number of anilines is 1. The molecular formula is C11H12FN3O. The van der Waals surface area contributed by atoms with Gasteiger partial charge in [-0.05, 0) is 12.1 Å². The fourth-order valence-electron chi connectivity index (χ4n) is 1.59. The van der Waals surface area contributed by atoms with Crippen LogP contribution in [0, 0.1) is 5.82 Å². The summed E-state index contributed by atoms with van der Waals surface area (Å²) in [4.78, 5) is 0.